The molecule has 1 saturated heterocycles. The topological polar surface area (TPSA) is 23.6 Å². The summed E-state index contributed by atoms with van der Waals surface area (Å²) < 4.78 is 53.1. The molecule has 3 nitrogen and oxygen atoms in total. The number of amides is 1. The fourth-order valence-electron chi connectivity index (χ4n) is 3.91. The van der Waals surface area contributed by atoms with E-state index in [1.807, 2.05) is 18.7 Å². The molecule has 7 heteroatoms. The highest BCUT2D eigenvalue weighted by Gasteiger charge is 2.34. The Labute approximate surface area is 174 Å². The number of halogens is 4. The van der Waals surface area contributed by atoms with Crippen molar-refractivity contribution in [2.45, 2.75) is 45.5 Å². The van der Waals surface area contributed by atoms with E-state index in [2.05, 4.69) is 0 Å². The molecule has 0 atom stereocenters. The lowest BCUT2D eigenvalue weighted by Gasteiger charge is -2.39. The van der Waals surface area contributed by atoms with Crippen LogP contribution in [-0.4, -0.2) is 29.9 Å². The van der Waals surface area contributed by atoms with Gasteiger partial charge in [0.1, 0.15) is 5.82 Å². The summed E-state index contributed by atoms with van der Waals surface area (Å²) in [5.74, 6) is -0.622. The first-order valence-corrected chi connectivity index (χ1v) is 10.1. The number of carbonyl (C=O) groups is 1. The molecule has 1 fully saturated rings. The first kappa shape index (κ1) is 22.3. The second-order valence-electron chi connectivity index (χ2n) is 8.00. The number of hydrogen-bond acceptors (Lipinski definition) is 2. The molecule has 0 spiro atoms. The molecular formula is C23H26F4N2O. The van der Waals surface area contributed by atoms with Crippen molar-refractivity contribution in [2.75, 3.05) is 18.0 Å². The van der Waals surface area contributed by atoms with E-state index in [0.29, 0.717) is 31.6 Å². The number of alkyl halides is 3. The number of anilines is 1. The van der Waals surface area contributed by atoms with Gasteiger partial charge in [0.25, 0.3) is 0 Å². The number of carbonyl (C=O) groups excluding carboxylic acids is 1. The van der Waals surface area contributed by atoms with E-state index < -0.39 is 11.7 Å². The van der Waals surface area contributed by atoms with Gasteiger partial charge in [0.2, 0.25) is 5.91 Å². The molecule has 1 aliphatic rings. The van der Waals surface area contributed by atoms with E-state index in [1.165, 1.54) is 24.3 Å². The van der Waals surface area contributed by atoms with E-state index in [1.54, 1.807) is 23.1 Å². The lowest BCUT2D eigenvalue weighted by molar-refractivity contribution is -0.138. The molecule has 0 unspecified atom stereocenters. The highest BCUT2D eigenvalue weighted by Crippen LogP contribution is 2.33. The third kappa shape index (κ3) is 5.19. The molecule has 1 heterocycles. The van der Waals surface area contributed by atoms with E-state index in [0.717, 1.165) is 6.07 Å². The zero-order valence-electron chi connectivity index (χ0n) is 17.1. The zero-order valence-corrected chi connectivity index (χ0v) is 17.1. The number of piperidine rings is 1. The fourth-order valence-corrected chi connectivity index (χ4v) is 3.91. The van der Waals surface area contributed by atoms with Crippen molar-refractivity contribution in [1.29, 1.82) is 0 Å². The summed E-state index contributed by atoms with van der Waals surface area (Å²) in [6.45, 7) is 5.03. The quantitative estimate of drug-likeness (QED) is 0.594. The van der Waals surface area contributed by atoms with Gasteiger partial charge in [0.05, 0.1) is 5.56 Å². The summed E-state index contributed by atoms with van der Waals surface area (Å²) in [6.07, 6.45) is -3.09. The van der Waals surface area contributed by atoms with Gasteiger partial charge >= 0.3 is 6.18 Å². The van der Waals surface area contributed by atoms with Crippen molar-refractivity contribution in [2.24, 2.45) is 5.92 Å². The lowest BCUT2D eigenvalue weighted by atomic mass is 9.99. The van der Waals surface area contributed by atoms with Crippen LogP contribution in [0.5, 0.6) is 0 Å². The summed E-state index contributed by atoms with van der Waals surface area (Å²) in [5, 5.41) is 0. The minimum absolute atomic E-state index is 0.0394. The highest BCUT2D eigenvalue weighted by atomic mass is 19.4. The van der Waals surface area contributed by atoms with Gasteiger partial charge < -0.3 is 4.90 Å². The largest absolute Gasteiger partial charge is 0.416 e. The fraction of sp³-hybridized carbons (Fsp3) is 0.435. The maximum Gasteiger partial charge on any atom is 0.416 e. The molecule has 2 aromatic rings. The number of nitrogens with zero attached hydrogens (tertiary/aromatic N) is 2. The SMILES string of the molecule is CC(C)C(=O)N(c1ccc(F)cc1)C1CCN(Cc2ccccc2C(F)(F)F)CC1. The Morgan fingerprint density at radius 1 is 1.07 bits per heavy atom. The maximum absolute atomic E-state index is 13.3. The Morgan fingerprint density at radius 2 is 1.67 bits per heavy atom. The van der Waals surface area contributed by atoms with Crippen LogP contribution in [0.25, 0.3) is 0 Å². The molecule has 0 radical (unpaired) electrons. The Kier molecular flexibility index (Phi) is 6.81. The second-order valence-corrected chi connectivity index (χ2v) is 8.00. The van der Waals surface area contributed by atoms with E-state index >= 15 is 0 Å². The minimum atomic E-state index is -4.38. The third-order valence-electron chi connectivity index (χ3n) is 5.48. The molecule has 1 amide bonds. The van der Waals surface area contributed by atoms with Crippen LogP contribution in [0.2, 0.25) is 0 Å². The highest BCUT2D eigenvalue weighted by molar-refractivity contribution is 5.95. The lowest BCUT2D eigenvalue weighted by Crippen LogP contribution is -2.48. The Hall–Kier alpha value is -2.41. The monoisotopic (exact) mass is 422 g/mol. The Balaban J connectivity index is 1.72. The average Bonchev–Trinajstić information content (AvgIpc) is 2.70. The normalized spacial score (nSPS) is 16.1. The Bertz CT molecular complexity index is 856. The van der Waals surface area contributed by atoms with Crippen LogP contribution < -0.4 is 4.90 Å². The second kappa shape index (κ2) is 9.16. The molecule has 0 aliphatic carbocycles. The van der Waals surface area contributed by atoms with Gasteiger partial charge in [-0.25, -0.2) is 4.39 Å². The van der Waals surface area contributed by atoms with Gasteiger partial charge in [0, 0.05) is 37.3 Å². The summed E-state index contributed by atoms with van der Waals surface area (Å²) in [4.78, 5) is 16.6. The molecule has 0 saturated carbocycles. The molecule has 0 aromatic heterocycles. The first-order chi connectivity index (χ1) is 14.2. The van der Waals surface area contributed by atoms with Crippen molar-refractivity contribution in [3.63, 3.8) is 0 Å². The van der Waals surface area contributed by atoms with Crippen LogP contribution in [0.3, 0.4) is 0 Å². The van der Waals surface area contributed by atoms with Crippen molar-refractivity contribution in [3.05, 3.63) is 65.5 Å². The summed E-state index contributed by atoms with van der Waals surface area (Å²) in [7, 11) is 0. The van der Waals surface area contributed by atoms with Gasteiger partial charge in [-0.2, -0.15) is 13.2 Å². The van der Waals surface area contributed by atoms with Crippen LogP contribution in [-0.2, 0) is 17.5 Å². The third-order valence-corrected chi connectivity index (χ3v) is 5.48. The number of hydrogen-bond donors (Lipinski definition) is 0. The molecule has 0 bridgehead atoms. The standard InChI is InChI=1S/C23H26F4N2O/c1-16(2)22(30)29(19-9-7-18(24)8-10-19)20-11-13-28(14-12-20)15-17-5-3-4-6-21(17)23(25,26)27/h3-10,16,20H,11-15H2,1-2H3. The number of rotatable bonds is 5. The number of benzene rings is 2. The van der Waals surface area contributed by atoms with Crippen LogP contribution in [0.4, 0.5) is 23.2 Å². The van der Waals surface area contributed by atoms with E-state index in [-0.39, 0.29) is 35.8 Å². The minimum Gasteiger partial charge on any atom is -0.309 e. The van der Waals surface area contributed by atoms with Crippen molar-refractivity contribution in [1.82, 2.24) is 4.90 Å². The zero-order chi connectivity index (χ0) is 21.9. The predicted molar refractivity (Wildman–Crippen MR) is 108 cm³/mol. The average molecular weight is 422 g/mol. The van der Waals surface area contributed by atoms with Crippen LogP contribution in [0.1, 0.15) is 37.8 Å². The first-order valence-electron chi connectivity index (χ1n) is 10.1. The molecular weight excluding hydrogens is 396 g/mol. The predicted octanol–water partition coefficient (Wildman–Crippen LogP) is 5.50. The van der Waals surface area contributed by atoms with Crippen molar-refractivity contribution in [3.8, 4) is 0 Å². The molecule has 30 heavy (non-hydrogen) atoms. The van der Waals surface area contributed by atoms with E-state index in [9.17, 15) is 22.4 Å². The molecule has 2 aromatic carbocycles. The maximum atomic E-state index is 13.3. The molecule has 162 valence electrons. The summed E-state index contributed by atoms with van der Waals surface area (Å²) in [5.41, 5.74) is 0.308. The molecule has 0 N–H and O–H groups in total. The number of likely N-dealkylation sites (tertiary alicyclic amines) is 1. The Morgan fingerprint density at radius 3 is 2.23 bits per heavy atom. The smallest absolute Gasteiger partial charge is 0.309 e. The summed E-state index contributed by atoms with van der Waals surface area (Å²) in [6, 6.07) is 11.4. The van der Waals surface area contributed by atoms with Gasteiger partial charge in [-0.15, -0.1) is 0 Å². The molecule has 3 rings (SSSR count). The van der Waals surface area contributed by atoms with Gasteiger partial charge in [-0.05, 0) is 48.7 Å². The summed E-state index contributed by atoms with van der Waals surface area (Å²) >= 11 is 0. The van der Waals surface area contributed by atoms with Crippen LogP contribution in [0.15, 0.2) is 48.5 Å². The van der Waals surface area contributed by atoms with Crippen LogP contribution in [0, 0.1) is 11.7 Å². The van der Waals surface area contributed by atoms with Gasteiger partial charge in [0.15, 0.2) is 0 Å². The van der Waals surface area contributed by atoms with E-state index in [4.69, 9.17) is 0 Å². The van der Waals surface area contributed by atoms with Gasteiger partial charge in [-0.3, -0.25) is 9.69 Å². The molecule has 1 aliphatic heterocycles. The van der Waals surface area contributed by atoms with Crippen molar-refractivity contribution < 1.29 is 22.4 Å². The van der Waals surface area contributed by atoms with Gasteiger partial charge in [-0.1, -0.05) is 32.0 Å². The van der Waals surface area contributed by atoms with Crippen molar-refractivity contribution >= 4 is 11.6 Å². The van der Waals surface area contributed by atoms with Crippen LogP contribution >= 0.6 is 0 Å².